The number of anilines is 1. The van der Waals surface area contributed by atoms with Crippen LogP contribution in [0.25, 0.3) is 0 Å². The Labute approximate surface area is 169 Å². The first-order valence-electron chi connectivity index (χ1n) is 9.54. The molecule has 0 spiro atoms. The Morgan fingerprint density at radius 1 is 1.10 bits per heavy atom. The summed E-state index contributed by atoms with van der Waals surface area (Å²) < 4.78 is 10.7. The molecule has 2 heterocycles. The van der Waals surface area contributed by atoms with Gasteiger partial charge in [-0.25, -0.2) is 0 Å². The third-order valence-corrected chi connectivity index (χ3v) is 5.15. The lowest BCUT2D eigenvalue weighted by Gasteiger charge is -2.26. The minimum Gasteiger partial charge on any atom is -0.496 e. The van der Waals surface area contributed by atoms with Crippen molar-refractivity contribution < 1.29 is 14.3 Å². The van der Waals surface area contributed by atoms with Gasteiger partial charge in [0.1, 0.15) is 17.1 Å². The number of hydrogen-bond donors (Lipinski definition) is 2. The molecule has 1 aromatic heterocycles. The Kier molecular flexibility index (Phi) is 5.48. The fourth-order valence-electron chi connectivity index (χ4n) is 3.70. The zero-order valence-corrected chi connectivity index (χ0v) is 16.6. The molecule has 0 unspecified atom stereocenters. The Balaban J connectivity index is 1.50. The van der Waals surface area contributed by atoms with E-state index in [1.165, 1.54) is 19.8 Å². The number of nitrogens with zero attached hydrogens (tertiary/aromatic N) is 2. The Bertz CT molecular complexity index is 978. The average molecular weight is 392 g/mol. The molecule has 0 aliphatic carbocycles. The van der Waals surface area contributed by atoms with Crippen LogP contribution in [-0.2, 0) is 19.5 Å². The van der Waals surface area contributed by atoms with Gasteiger partial charge in [0, 0.05) is 25.2 Å². The van der Waals surface area contributed by atoms with Crippen molar-refractivity contribution in [2.75, 3.05) is 26.1 Å². The van der Waals surface area contributed by atoms with Gasteiger partial charge in [-0.15, -0.1) is 0 Å². The molecule has 2 aromatic carbocycles. The zero-order valence-electron chi connectivity index (χ0n) is 16.6. The lowest BCUT2D eigenvalue weighted by Crippen LogP contribution is -2.30. The number of nitrogens with one attached hydrogen (secondary N) is 2. The Hall–Kier alpha value is -3.32. The summed E-state index contributed by atoms with van der Waals surface area (Å²) in [6.45, 7) is 2.56. The van der Waals surface area contributed by atoms with E-state index in [9.17, 15) is 4.79 Å². The topological polar surface area (TPSA) is 79.5 Å². The lowest BCUT2D eigenvalue weighted by molar-refractivity contribution is 0.102. The van der Waals surface area contributed by atoms with Crippen LogP contribution < -0.4 is 14.8 Å². The molecule has 1 aliphatic rings. The van der Waals surface area contributed by atoms with Crippen LogP contribution in [0.3, 0.4) is 0 Å². The second-order valence-electron chi connectivity index (χ2n) is 6.97. The number of methoxy groups -OCH3 is 2. The molecular weight excluding hydrogens is 368 g/mol. The molecule has 7 heteroatoms. The highest BCUT2D eigenvalue weighted by Crippen LogP contribution is 2.30. The molecule has 4 rings (SSSR count). The second-order valence-corrected chi connectivity index (χ2v) is 6.97. The summed E-state index contributed by atoms with van der Waals surface area (Å²) >= 11 is 0. The minimum atomic E-state index is -0.305. The largest absolute Gasteiger partial charge is 0.496 e. The van der Waals surface area contributed by atoms with Gasteiger partial charge < -0.3 is 14.8 Å². The predicted molar refractivity (Wildman–Crippen MR) is 110 cm³/mol. The molecule has 2 N–H and O–H groups in total. The first-order chi connectivity index (χ1) is 14.2. The maximum atomic E-state index is 12.9. The smallest absolute Gasteiger partial charge is 0.264 e. The quantitative estimate of drug-likeness (QED) is 0.673. The summed E-state index contributed by atoms with van der Waals surface area (Å²) in [4.78, 5) is 15.3. The van der Waals surface area contributed by atoms with Crippen LogP contribution in [0.4, 0.5) is 5.82 Å². The van der Waals surface area contributed by atoms with Crippen molar-refractivity contribution in [2.24, 2.45) is 0 Å². The van der Waals surface area contributed by atoms with Crippen LogP contribution in [0.1, 0.15) is 27.2 Å². The molecule has 0 fully saturated rings. The number of rotatable bonds is 6. The number of fused-ring (bicyclic) bond motifs is 1. The molecule has 0 atom stereocenters. The summed E-state index contributed by atoms with van der Waals surface area (Å²) in [5.41, 5.74) is 3.73. The summed E-state index contributed by atoms with van der Waals surface area (Å²) in [5, 5.41) is 10.4. The van der Waals surface area contributed by atoms with Gasteiger partial charge in [0.2, 0.25) is 0 Å². The number of carbonyl (C=O) groups is 1. The number of amides is 1. The molecule has 29 heavy (non-hydrogen) atoms. The van der Waals surface area contributed by atoms with Crippen molar-refractivity contribution in [1.29, 1.82) is 0 Å². The minimum absolute atomic E-state index is 0.305. The normalized spacial score (nSPS) is 13.6. The van der Waals surface area contributed by atoms with Crippen molar-refractivity contribution in [3.63, 3.8) is 0 Å². The molecule has 150 valence electrons. The highest BCUT2D eigenvalue weighted by Gasteiger charge is 2.25. The fourth-order valence-corrected chi connectivity index (χ4v) is 3.70. The highest BCUT2D eigenvalue weighted by atomic mass is 16.5. The molecular formula is C22H24N4O3. The average Bonchev–Trinajstić information content (AvgIpc) is 3.15. The second kappa shape index (κ2) is 8.36. The number of aromatic nitrogens is 2. The van der Waals surface area contributed by atoms with Crippen LogP contribution in [0.5, 0.6) is 11.5 Å². The number of carbonyl (C=O) groups excluding carboxylic acids is 1. The van der Waals surface area contributed by atoms with Gasteiger partial charge >= 0.3 is 0 Å². The summed E-state index contributed by atoms with van der Waals surface area (Å²) in [7, 11) is 3.06. The maximum absolute atomic E-state index is 12.9. The molecule has 0 saturated carbocycles. The van der Waals surface area contributed by atoms with Gasteiger partial charge in [0.15, 0.2) is 5.82 Å². The van der Waals surface area contributed by atoms with Gasteiger partial charge in [-0.3, -0.25) is 14.8 Å². The monoisotopic (exact) mass is 392 g/mol. The first-order valence-corrected chi connectivity index (χ1v) is 9.54. The molecule has 7 nitrogen and oxygen atoms in total. The highest BCUT2D eigenvalue weighted by molar-refractivity contribution is 6.08. The van der Waals surface area contributed by atoms with E-state index in [4.69, 9.17) is 9.47 Å². The van der Waals surface area contributed by atoms with Crippen LogP contribution in [-0.4, -0.2) is 41.8 Å². The third kappa shape index (κ3) is 3.95. The fraction of sp³-hybridized carbons (Fsp3) is 0.273. The number of ether oxygens (including phenoxy) is 2. The zero-order chi connectivity index (χ0) is 20.2. The van der Waals surface area contributed by atoms with Crippen LogP contribution in [0.15, 0.2) is 48.5 Å². The van der Waals surface area contributed by atoms with Crippen LogP contribution in [0, 0.1) is 0 Å². The Morgan fingerprint density at radius 2 is 1.83 bits per heavy atom. The van der Waals surface area contributed by atoms with Crippen molar-refractivity contribution >= 4 is 11.7 Å². The predicted octanol–water partition coefficient (Wildman–Crippen LogP) is 3.24. The van der Waals surface area contributed by atoms with Crippen LogP contribution in [0.2, 0.25) is 0 Å². The van der Waals surface area contributed by atoms with E-state index in [-0.39, 0.29) is 5.91 Å². The van der Waals surface area contributed by atoms with Gasteiger partial charge in [0.05, 0.1) is 19.9 Å². The summed E-state index contributed by atoms with van der Waals surface area (Å²) in [5.74, 6) is 1.18. The van der Waals surface area contributed by atoms with E-state index in [0.29, 0.717) is 22.9 Å². The van der Waals surface area contributed by atoms with E-state index < -0.39 is 0 Å². The van der Waals surface area contributed by atoms with Gasteiger partial charge in [-0.1, -0.05) is 36.4 Å². The van der Waals surface area contributed by atoms with Gasteiger partial charge in [-0.05, 0) is 24.1 Å². The number of hydrogen-bond acceptors (Lipinski definition) is 5. The standard InChI is InChI=1S/C22H24N4O3/c1-28-18-9-6-10-19(29-2)20(18)22(27)23-21-16-11-12-26(14-17(16)24-25-21)13-15-7-4-3-5-8-15/h3-10H,11-14H2,1-2H3,(H2,23,24,25,27). The van der Waals surface area contributed by atoms with E-state index in [0.717, 1.165) is 37.3 Å². The molecule has 1 aliphatic heterocycles. The SMILES string of the molecule is COc1cccc(OC)c1C(=O)Nc1n[nH]c2c1CCN(Cc1ccccc1)C2. The first kappa shape index (κ1) is 19.0. The van der Waals surface area contributed by atoms with Gasteiger partial charge in [0.25, 0.3) is 5.91 Å². The van der Waals surface area contributed by atoms with Crippen LogP contribution >= 0.6 is 0 Å². The molecule has 0 saturated heterocycles. The van der Waals surface area contributed by atoms with Gasteiger partial charge in [-0.2, -0.15) is 5.10 Å². The van der Waals surface area contributed by atoms with Crippen molar-refractivity contribution in [1.82, 2.24) is 15.1 Å². The maximum Gasteiger partial charge on any atom is 0.264 e. The lowest BCUT2D eigenvalue weighted by atomic mass is 10.1. The molecule has 0 bridgehead atoms. The van der Waals surface area contributed by atoms with Crippen molar-refractivity contribution in [2.45, 2.75) is 19.5 Å². The molecule has 0 radical (unpaired) electrons. The van der Waals surface area contributed by atoms with Crippen molar-refractivity contribution in [3.05, 3.63) is 70.9 Å². The molecule has 1 amide bonds. The summed E-state index contributed by atoms with van der Waals surface area (Å²) in [6, 6.07) is 15.7. The third-order valence-electron chi connectivity index (χ3n) is 5.15. The van der Waals surface area contributed by atoms with E-state index in [1.54, 1.807) is 18.2 Å². The van der Waals surface area contributed by atoms with Crippen molar-refractivity contribution in [3.8, 4) is 11.5 Å². The number of benzene rings is 2. The number of aromatic amines is 1. The Morgan fingerprint density at radius 3 is 2.52 bits per heavy atom. The van der Waals surface area contributed by atoms with E-state index in [2.05, 4.69) is 44.7 Å². The summed E-state index contributed by atoms with van der Waals surface area (Å²) in [6.07, 6.45) is 0.817. The molecule has 3 aromatic rings. The van der Waals surface area contributed by atoms with E-state index >= 15 is 0 Å². The number of H-pyrrole nitrogens is 1. The van der Waals surface area contributed by atoms with E-state index in [1.807, 2.05) is 6.07 Å².